The number of nitrogens with zero attached hydrogens (tertiary/aromatic N) is 1. The van der Waals surface area contributed by atoms with Gasteiger partial charge in [-0.1, -0.05) is 44.4 Å². The maximum absolute atomic E-state index is 4.38. The Bertz CT molecular complexity index is 443. The number of rotatable bonds is 5. The number of hydrogen-bond acceptors (Lipinski definition) is 1. The van der Waals surface area contributed by atoms with Gasteiger partial charge in [-0.25, -0.2) is 0 Å². The van der Waals surface area contributed by atoms with E-state index in [0.717, 1.165) is 18.4 Å². The van der Waals surface area contributed by atoms with Gasteiger partial charge in [0.05, 0.1) is 5.52 Å². The van der Waals surface area contributed by atoms with Crippen LogP contribution in [-0.2, 0) is 6.42 Å². The highest BCUT2D eigenvalue weighted by atomic mass is 14.6. The Morgan fingerprint density at radius 1 is 1.00 bits per heavy atom. The summed E-state index contributed by atoms with van der Waals surface area (Å²) >= 11 is 0. The number of benzene rings is 1. The minimum absolute atomic E-state index is 1.05. The summed E-state index contributed by atoms with van der Waals surface area (Å²) in [6.45, 7) is 3.87. The number of pyridine rings is 1. The molecule has 0 spiro atoms. The number of aromatic nitrogens is 1. The molecule has 0 atom stereocenters. The van der Waals surface area contributed by atoms with E-state index in [1.54, 1.807) is 0 Å². The van der Waals surface area contributed by atoms with Gasteiger partial charge in [0.15, 0.2) is 0 Å². The molecule has 1 nitrogen and oxygen atoms in total. The van der Waals surface area contributed by atoms with Gasteiger partial charge in [-0.05, 0) is 30.5 Å². The third-order valence-electron chi connectivity index (χ3n) is 2.93. The lowest BCUT2D eigenvalue weighted by molar-refractivity contribution is 0.687. The van der Waals surface area contributed by atoms with Gasteiger partial charge in [-0.15, -0.1) is 0 Å². The van der Waals surface area contributed by atoms with Crippen LogP contribution in [0, 0.1) is 6.92 Å². The van der Waals surface area contributed by atoms with Crippen LogP contribution in [0.15, 0.2) is 36.5 Å². The summed E-state index contributed by atoms with van der Waals surface area (Å²) < 4.78 is 0. The number of unbranched alkanes of at least 4 members (excludes halogenated alkanes) is 3. The molecule has 0 bridgehead atoms. The van der Waals surface area contributed by atoms with Gasteiger partial charge >= 0.3 is 0 Å². The van der Waals surface area contributed by atoms with Crippen molar-refractivity contribution in [2.24, 2.45) is 0 Å². The normalized spacial score (nSPS) is 10.8. The highest BCUT2D eigenvalue weighted by Crippen LogP contribution is 2.18. The van der Waals surface area contributed by atoms with E-state index in [-0.39, 0.29) is 0 Å². The van der Waals surface area contributed by atoms with E-state index in [1.807, 2.05) is 12.3 Å². The highest BCUT2D eigenvalue weighted by Gasteiger charge is 2.00. The molecule has 0 aliphatic rings. The molecule has 1 heteroatoms. The molecule has 0 saturated carbocycles. The summed E-state index contributed by atoms with van der Waals surface area (Å²) in [5, 5.41) is 1.31. The second-order valence-electron chi connectivity index (χ2n) is 4.15. The number of hydrogen-bond donors (Lipinski definition) is 0. The third-order valence-corrected chi connectivity index (χ3v) is 2.93. The van der Waals surface area contributed by atoms with Crippen molar-refractivity contribution in [2.75, 3.05) is 0 Å². The smallest absolute Gasteiger partial charge is 0.0704 e. The van der Waals surface area contributed by atoms with Gasteiger partial charge in [0.1, 0.15) is 0 Å². The summed E-state index contributed by atoms with van der Waals surface area (Å²) in [4.78, 5) is 4.38. The molecule has 0 fully saturated rings. The zero-order valence-electron chi connectivity index (χ0n) is 9.65. The molecule has 0 N–H and O–H groups in total. The topological polar surface area (TPSA) is 12.9 Å². The largest absolute Gasteiger partial charge is 0.256 e. The Morgan fingerprint density at radius 2 is 1.94 bits per heavy atom. The molecule has 0 unspecified atom stereocenters. The van der Waals surface area contributed by atoms with Crippen molar-refractivity contribution in [3.63, 3.8) is 0 Å². The molecule has 0 aliphatic carbocycles. The lowest BCUT2D eigenvalue weighted by Gasteiger charge is -2.05. The molecule has 16 heavy (non-hydrogen) atoms. The third kappa shape index (κ3) is 2.60. The van der Waals surface area contributed by atoms with Gasteiger partial charge in [0, 0.05) is 11.6 Å². The van der Waals surface area contributed by atoms with Crippen LogP contribution < -0.4 is 0 Å². The fourth-order valence-corrected chi connectivity index (χ4v) is 2.05. The molecule has 0 saturated heterocycles. The summed E-state index contributed by atoms with van der Waals surface area (Å²) in [6.07, 6.45) is 7.84. The maximum atomic E-state index is 4.38. The van der Waals surface area contributed by atoms with Gasteiger partial charge in [0.25, 0.3) is 0 Å². The number of fused-ring (bicyclic) bond motifs is 1. The Kier molecular flexibility index (Phi) is 3.92. The zero-order chi connectivity index (χ0) is 11.2. The van der Waals surface area contributed by atoms with Crippen LogP contribution in [0.4, 0.5) is 0 Å². The van der Waals surface area contributed by atoms with E-state index in [1.165, 1.54) is 30.2 Å². The SMILES string of the molecule is [CH2]CCCCCc1cccc2ncccc12. The van der Waals surface area contributed by atoms with E-state index in [4.69, 9.17) is 0 Å². The summed E-state index contributed by atoms with van der Waals surface area (Å²) in [6, 6.07) is 10.6. The quantitative estimate of drug-likeness (QED) is 0.678. The molecule has 83 valence electrons. The second kappa shape index (κ2) is 5.64. The predicted molar refractivity (Wildman–Crippen MR) is 69.3 cm³/mol. The van der Waals surface area contributed by atoms with Crippen molar-refractivity contribution >= 4 is 10.9 Å². The predicted octanol–water partition coefficient (Wildman–Crippen LogP) is 4.17. The first-order valence-electron chi connectivity index (χ1n) is 6.03. The first-order chi connectivity index (χ1) is 7.92. The molecular formula is C15H18N. The average molecular weight is 212 g/mol. The standard InChI is InChI=1S/C15H18N/c1-2-3-4-5-8-13-9-6-11-15-14(13)10-7-12-16-15/h6-7,9-12H,1-5,8H2. The van der Waals surface area contributed by atoms with E-state index in [9.17, 15) is 0 Å². The molecule has 1 heterocycles. The first kappa shape index (κ1) is 11.1. The molecule has 0 amide bonds. The molecular weight excluding hydrogens is 194 g/mol. The van der Waals surface area contributed by atoms with Crippen LogP contribution in [0.2, 0.25) is 0 Å². The van der Waals surface area contributed by atoms with Crippen LogP contribution in [0.1, 0.15) is 31.2 Å². The Morgan fingerprint density at radius 3 is 2.81 bits per heavy atom. The summed E-state index contributed by atoms with van der Waals surface area (Å²) in [5.41, 5.74) is 2.53. The van der Waals surface area contributed by atoms with Crippen molar-refractivity contribution in [1.29, 1.82) is 0 Å². The average Bonchev–Trinajstić information content (AvgIpc) is 2.35. The van der Waals surface area contributed by atoms with Gasteiger partial charge < -0.3 is 0 Å². The van der Waals surface area contributed by atoms with Crippen molar-refractivity contribution in [2.45, 2.75) is 32.1 Å². The van der Waals surface area contributed by atoms with Crippen LogP contribution in [0.25, 0.3) is 10.9 Å². The fourth-order valence-electron chi connectivity index (χ4n) is 2.05. The zero-order valence-corrected chi connectivity index (χ0v) is 9.65. The van der Waals surface area contributed by atoms with Crippen molar-refractivity contribution in [3.8, 4) is 0 Å². The van der Waals surface area contributed by atoms with Crippen molar-refractivity contribution in [1.82, 2.24) is 4.98 Å². The monoisotopic (exact) mass is 212 g/mol. The molecule has 1 radical (unpaired) electrons. The minimum Gasteiger partial charge on any atom is -0.256 e. The minimum atomic E-state index is 1.05. The Hall–Kier alpha value is -1.37. The van der Waals surface area contributed by atoms with Gasteiger partial charge in [-0.2, -0.15) is 0 Å². The van der Waals surface area contributed by atoms with Crippen molar-refractivity contribution in [3.05, 3.63) is 49.0 Å². The molecule has 2 rings (SSSR count). The number of aryl methyl sites for hydroxylation is 1. The second-order valence-corrected chi connectivity index (χ2v) is 4.15. The first-order valence-corrected chi connectivity index (χ1v) is 6.03. The van der Waals surface area contributed by atoms with Gasteiger partial charge in [0.2, 0.25) is 0 Å². The van der Waals surface area contributed by atoms with E-state index < -0.39 is 0 Å². The van der Waals surface area contributed by atoms with Crippen LogP contribution in [0.5, 0.6) is 0 Å². The summed E-state index contributed by atoms with van der Waals surface area (Å²) in [7, 11) is 0. The lowest BCUT2D eigenvalue weighted by Crippen LogP contribution is -1.89. The molecule has 0 aliphatic heterocycles. The van der Waals surface area contributed by atoms with Crippen LogP contribution in [-0.4, -0.2) is 4.98 Å². The Labute approximate surface area is 97.5 Å². The van der Waals surface area contributed by atoms with E-state index in [2.05, 4.69) is 36.2 Å². The molecule has 2 aromatic rings. The molecule has 1 aromatic heterocycles. The van der Waals surface area contributed by atoms with Crippen LogP contribution >= 0.6 is 0 Å². The van der Waals surface area contributed by atoms with Gasteiger partial charge in [-0.3, -0.25) is 4.98 Å². The Balaban J connectivity index is 2.11. The van der Waals surface area contributed by atoms with E-state index >= 15 is 0 Å². The highest BCUT2D eigenvalue weighted by molar-refractivity contribution is 5.81. The van der Waals surface area contributed by atoms with Crippen molar-refractivity contribution < 1.29 is 0 Å². The lowest BCUT2D eigenvalue weighted by atomic mass is 10.0. The maximum Gasteiger partial charge on any atom is 0.0704 e. The van der Waals surface area contributed by atoms with Crippen LogP contribution in [0.3, 0.4) is 0 Å². The molecule has 1 aromatic carbocycles. The summed E-state index contributed by atoms with van der Waals surface area (Å²) in [5.74, 6) is 0. The van der Waals surface area contributed by atoms with E-state index in [0.29, 0.717) is 0 Å². The fraction of sp³-hybridized carbons (Fsp3) is 0.333.